The van der Waals surface area contributed by atoms with Crippen LogP contribution in [0.15, 0.2) is 12.1 Å². The molecule has 0 saturated carbocycles. The van der Waals surface area contributed by atoms with Crippen molar-refractivity contribution in [2.45, 2.75) is 26.3 Å². The summed E-state index contributed by atoms with van der Waals surface area (Å²) in [7, 11) is -0.242. The second-order valence-electron chi connectivity index (χ2n) is 6.17. The average molecular weight is 377 g/mol. The van der Waals surface area contributed by atoms with Gasteiger partial charge in [0, 0.05) is 50.2 Å². The highest BCUT2D eigenvalue weighted by Gasteiger charge is 2.33. The van der Waals surface area contributed by atoms with Gasteiger partial charge in [-0.15, -0.1) is 11.3 Å². The molecule has 24 heavy (non-hydrogen) atoms. The molecule has 2 heterocycles. The van der Waals surface area contributed by atoms with E-state index in [9.17, 15) is 8.42 Å². The van der Waals surface area contributed by atoms with Crippen LogP contribution in [0.1, 0.15) is 22.6 Å². The number of piperidine rings is 1. The molecule has 1 saturated heterocycles. The van der Waals surface area contributed by atoms with Crippen LogP contribution in [0.5, 0.6) is 0 Å². The highest BCUT2D eigenvalue weighted by molar-refractivity contribution is 7.86. The molecule has 0 bridgehead atoms. The molecule has 1 aromatic rings. The van der Waals surface area contributed by atoms with Gasteiger partial charge in [0.25, 0.3) is 10.2 Å². The number of rotatable bonds is 9. The molecule has 8 heteroatoms. The summed E-state index contributed by atoms with van der Waals surface area (Å²) in [5.74, 6) is 0.270. The largest absolute Gasteiger partial charge is 0.384 e. The Morgan fingerprint density at radius 2 is 2.12 bits per heavy atom. The third-order valence-electron chi connectivity index (χ3n) is 4.21. The van der Waals surface area contributed by atoms with Gasteiger partial charge in [-0.3, -0.25) is 0 Å². The molecule has 6 nitrogen and oxygen atoms in total. The molecular weight excluding hydrogens is 348 g/mol. The van der Waals surface area contributed by atoms with Crippen molar-refractivity contribution < 1.29 is 17.9 Å². The van der Waals surface area contributed by atoms with Crippen molar-refractivity contribution in [1.82, 2.24) is 8.61 Å². The smallest absolute Gasteiger partial charge is 0.282 e. The molecule has 1 unspecified atom stereocenters. The molecule has 1 aliphatic heterocycles. The number of thiophene rings is 1. The van der Waals surface area contributed by atoms with Gasteiger partial charge in [0.2, 0.25) is 0 Å². The lowest BCUT2D eigenvalue weighted by molar-refractivity contribution is 0.114. The standard InChI is InChI=1S/C16H28N2O4S2/c1-14-6-7-16(23-14)12-18(9-10-21-2)24(19,20)17-8-4-5-15(11-17)13-22-3/h6-7,15H,4-5,8-13H2,1-3H3. The van der Waals surface area contributed by atoms with E-state index in [0.717, 1.165) is 17.7 Å². The molecule has 0 amide bonds. The quantitative estimate of drug-likeness (QED) is 0.662. The second kappa shape index (κ2) is 9.26. The summed E-state index contributed by atoms with van der Waals surface area (Å²) in [6.45, 7) is 4.89. The predicted octanol–water partition coefficient (Wildman–Crippen LogP) is 2.11. The van der Waals surface area contributed by atoms with Gasteiger partial charge >= 0.3 is 0 Å². The van der Waals surface area contributed by atoms with Gasteiger partial charge in [0.15, 0.2) is 0 Å². The molecule has 0 spiro atoms. The summed E-state index contributed by atoms with van der Waals surface area (Å²) in [5.41, 5.74) is 0. The minimum atomic E-state index is -3.50. The highest BCUT2D eigenvalue weighted by atomic mass is 32.2. The van der Waals surface area contributed by atoms with Crippen LogP contribution in [0.3, 0.4) is 0 Å². The summed E-state index contributed by atoms with van der Waals surface area (Å²) < 4.78 is 39.7. The van der Waals surface area contributed by atoms with E-state index in [-0.39, 0.29) is 5.92 Å². The van der Waals surface area contributed by atoms with Crippen molar-refractivity contribution in [3.05, 3.63) is 21.9 Å². The Labute approximate surface area is 149 Å². The molecule has 1 atom stereocenters. The van der Waals surface area contributed by atoms with Crippen LogP contribution in [0.25, 0.3) is 0 Å². The third kappa shape index (κ3) is 5.24. The molecule has 0 N–H and O–H groups in total. The zero-order valence-electron chi connectivity index (χ0n) is 14.7. The van der Waals surface area contributed by atoms with E-state index >= 15 is 0 Å². The van der Waals surface area contributed by atoms with Gasteiger partial charge in [-0.25, -0.2) is 0 Å². The molecule has 0 aromatic carbocycles. The van der Waals surface area contributed by atoms with Gasteiger partial charge in [-0.2, -0.15) is 17.0 Å². The maximum absolute atomic E-state index is 13.1. The number of hydrogen-bond acceptors (Lipinski definition) is 5. The number of nitrogens with zero attached hydrogens (tertiary/aromatic N) is 2. The lowest BCUT2D eigenvalue weighted by Crippen LogP contribution is -2.49. The Kier molecular flexibility index (Phi) is 7.64. The van der Waals surface area contributed by atoms with Crippen molar-refractivity contribution in [2.75, 3.05) is 47.1 Å². The summed E-state index contributed by atoms with van der Waals surface area (Å²) >= 11 is 1.64. The lowest BCUT2D eigenvalue weighted by atomic mass is 10.0. The van der Waals surface area contributed by atoms with Gasteiger partial charge in [-0.1, -0.05) is 0 Å². The Hall–Kier alpha value is -0.510. The van der Waals surface area contributed by atoms with Crippen LogP contribution in [0, 0.1) is 12.8 Å². The van der Waals surface area contributed by atoms with E-state index in [1.807, 2.05) is 19.1 Å². The van der Waals surface area contributed by atoms with Gasteiger partial charge in [-0.05, 0) is 37.8 Å². The maximum Gasteiger partial charge on any atom is 0.282 e. The van der Waals surface area contributed by atoms with Crippen molar-refractivity contribution in [2.24, 2.45) is 5.92 Å². The number of aryl methyl sites for hydroxylation is 1. The summed E-state index contributed by atoms with van der Waals surface area (Å²) in [5, 5.41) is 0. The lowest BCUT2D eigenvalue weighted by Gasteiger charge is -2.35. The number of hydrogen-bond donors (Lipinski definition) is 0. The predicted molar refractivity (Wildman–Crippen MR) is 96.4 cm³/mol. The van der Waals surface area contributed by atoms with Crippen molar-refractivity contribution in [3.8, 4) is 0 Å². The normalized spacial score (nSPS) is 19.9. The minimum absolute atomic E-state index is 0.270. The topological polar surface area (TPSA) is 59.1 Å². The Morgan fingerprint density at radius 3 is 2.75 bits per heavy atom. The SMILES string of the molecule is COCCN(Cc1ccc(C)s1)S(=O)(=O)N1CCCC(COC)C1. The second-order valence-corrected chi connectivity index (χ2v) is 9.47. The Morgan fingerprint density at radius 1 is 1.33 bits per heavy atom. The molecule has 138 valence electrons. The molecule has 1 fully saturated rings. The van der Waals surface area contributed by atoms with Crippen molar-refractivity contribution in [3.63, 3.8) is 0 Å². The van der Waals surface area contributed by atoms with Crippen LogP contribution < -0.4 is 0 Å². The van der Waals surface area contributed by atoms with E-state index < -0.39 is 10.2 Å². The highest BCUT2D eigenvalue weighted by Crippen LogP contribution is 2.24. The molecule has 0 aliphatic carbocycles. The van der Waals surface area contributed by atoms with Crippen LogP contribution in [0.4, 0.5) is 0 Å². The van der Waals surface area contributed by atoms with E-state index in [1.165, 1.54) is 9.18 Å². The summed E-state index contributed by atoms with van der Waals surface area (Å²) in [6, 6.07) is 4.02. The third-order valence-corrected chi connectivity index (χ3v) is 7.14. The maximum atomic E-state index is 13.1. The fourth-order valence-electron chi connectivity index (χ4n) is 2.98. The average Bonchev–Trinajstić information content (AvgIpc) is 2.97. The van der Waals surface area contributed by atoms with Crippen LogP contribution in [-0.2, 0) is 26.2 Å². The van der Waals surface area contributed by atoms with Crippen molar-refractivity contribution in [1.29, 1.82) is 0 Å². The van der Waals surface area contributed by atoms with Gasteiger partial charge < -0.3 is 9.47 Å². The summed E-state index contributed by atoms with van der Waals surface area (Å²) in [4.78, 5) is 2.24. The first kappa shape index (κ1) is 19.8. The minimum Gasteiger partial charge on any atom is -0.384 e. The first-order chi connectivity index (χ1) is 11.5. The van der Waals surface area contributed by atoms with E-state index in [0.29, 0.717) is 39.4 Å². The summed E-state index contributed by atoms with van der Waals surface area (Å²) in [6.07, 6.45) is 1.89. The molecule has 2 rings (SSSR count). The van der Waals surface area contributed by atoms with E-state index in [4.69, 9.17) is 9.47 Å². The molecule has 0 radical (unpaired) electrons. The molecular formula is C16H28N2O4S2. The monoisotopic (exact) mass is 376 g/mol. The fraction of sp³-hybridized carbons (Fsp3) is 0.750. The van der Waals surface area contributed by atoms with Gasteiger partial charge in [0.1, 0.15) is 0 Å². The fourth-order valence-corrected chi connectivity index (χ4v) is 5.67. The molecule has 1 aromatic heterocycles. The van der Waals surface area contributed by atoms with Gasteiger partial charge in [0.05, 0.1) is 13.2 Å². The zero-order chi connectivity index (χ0) is 17.6. The van der Waals surface area contributed by atoms with Crippen LogP contribution >= 0.6 is 11.3 Å². The van der Waals surface area contributed by atoms with Crippen molar-refractivity contribution >= 4 is 21.5 Å². The van der Waals surface area contributed by atoms with E-state index in [2.05, 4.69) is 0 Å². The van der Waals surface area contributed by atoms with E-state index in [1.54, 1.807) is 29.9 Å². The first-order valence-corrected chi connectivity index (χ1v) is 10.5. The number of methoxy groups -OCH3 is 2. The molecule has 1 aliphatic rings. The number of ether oxygens (including phenoxy) is 2. The van der Waals surface area contributed by atoms with Crippen LogP contribution in [-0.4, -0.2) is 64.1 Å². The van der Waals surface area contributed by atoms with Crippen LogP contribution in [0.2, 0.25) is 0 Å². The Bertz CT molecular complexity index is 601. The Balaban J connectivity index is 2.12. The zero-order valence-corrected chi connectivity index (χ0v) is 16.4. The first-order valence-electron chi connectivity index (χ1n) is 8.25.